The van der Waals surface area contributed by atoms with Crippen LogP contribution in [0.2, 0.25) is 0 Å². The van der Waals surface area contributed by atoms with E-state index in [0.717, 1.165) is 50.3 Å². The van der Waals surface area contributed by atoms with Crippen molar-refractivity contribution in [2.75, 3.05) is 26.2 Å². The smallest absolute Gasteiger partial charge is 0.276 e. The van der Waals surface area contributed by atoms with E-state index in [1.165, 1.54) is 6.42 Å². The van der Waals surface area contributed by atoms with Crippen LogP contribution in [0, 0.1) is 5.92 Å². The number of ether oxygens (including phenoxy) is 1. The molecule has 2 amide bonds. The van der Waals surface area contributed by atoms with Crippen LogP contribution in [0.1, 0.15) is 61.7 Å². The molecule has 0 saturated carbocycles. The standard InChI is InChI=1S/C25H33N3O4/c1-2-9-21-17-22(26-32-21)25(30)28-15-12-23(31-20-10-5-3-6-11-20)19(18-28)16-24(29)27-13-7-4-8-14-27/h3,5-6,10-11,17,19,23H,2,4,7-9,12-16,18H2,1H3/t19-,23-/m0/s1. The molecule has 0 bridgehead atoms. The van der Waals surface area contributed by atoms with Gasteiger partial charge in [-0.05, 0) is 37.8 Å². The number of aryl methyl sites for hydroxylation is 1. The van der Waals surface area contributed by atoms with Gasteiger partial charge in [0.25, 0.3) is 5.91 Å². The summed E-state index contributed by atoms with van der Waals surface area (Å²) in [6.45, 7) is 4.77. The van der Waals surface area contributed by atoms with Crippen molar-refractivity contribution in [1.82, 2.24) is 15.0 Å². The minimum absolute atomic E-state index is 0.0654. The van der Waals surface area contributed by atoms with Crippen LogP contribution in [-0.2, 0) is 11.2 Å². The average Bonchev–Trinajstić information content (AvgIpc) is 3.30. The summed E-state index contributed by atoms with van der Waals surface area (Å²) >= 11 is 0. The number of benzene rings is 1. The summed E-state index contributed by atoms with van der Waals surface area (Å²) < 4.78 is 11.6. The molecule has 2 atom stereocenters. The van der Waals surface area contributed by atoms with Gasteiger partial charge in [-0.15, -0.1) is 0 Å². The summed E-state index contributed by atoms with van der Waals surface area (Å²) in [4.78, 5) is 29.9. The van der Waals surface area contributed by atoms with Gasteiger partial charge in [0.1, 0.15) is 17.6 Å². The van der Waals surface area contributed by atoms with Gasteiger partial charge in [-0.2, -0.15) is 0 Å². The van der Waals surface area contributed by atoms with Gasteiger partial charge in [-0.25, -0.2) is 0 Å². The van der Waals surface area contributed by atoms with E-state index in [4.69, 9.17) is 9.26 Å². The molecule has 7 heteroatoms. The van der Waals surface area contributed by atoms with E-state index >= 15 is 0 Å². The lowest BCUT2D eigenvalue weighted by Crippen LogP contribution is -2.50. The van der Waals surface area contributed by atoms with Crippen LogP contribution in [0.25, 0.3) is 0 Å². The van der Waals surface area contributed by atoms with E-state index in [1.54, 1.807) is 11.0 Å². The average molecular weight is 440 g/mol. The van der Waals surface area contributed by atoms with Crippen LogP contribution in [0.4, 0.5) is 0 Å². The van der Waals surface area contributed by atoms with Crippen LogP contribution >= 0.6 is 0 Å². The number of carbonyl (C=O) groups excluding carboxylic acids is 2. The zero-order chi connectivity index (χ0) is 22.3. The van der Waals surface area contributed by atoms with Crippen molar-refractivity contribution in [3.8, 4) is 5.75 Å². The summed E-state index contributed by atoms with van der Waals surface area (Å²) in [5.41, 5.74) is 0.344. The molecule has 0 N–H and O–H groups in total. The lowest BCUT2D eigenvalue weighted by atomic mass is 9.90. The Labute approximate surface area is 189 Å². The second kappa shape index (κ2) is 10.7. The number of piperidine rings is 2. The fourth-order valence-corrected chi connectivity index (χ4v) is 4.66. The van der Waals surface area contributed by atoms with E-state index < -0.39 is 0 Å². The number of para-hydroxylation sites is 1. The Bertz CT molecular complexity index is 892. The molecule has 2 aliphatic rings. The van der Waals surface area contributed by atoms with Crippen molar-refractivity contribution in [1.29, 1.82) is 0 Å². The highest BCUT2D eigenvalue weighted by molar-refractivity contribution is 5.92. The van der Waals surface area contributed by atoms with Gasteiger partial charge < -0.3 is 19.1 Å². The zero-order valence-corrected chi connectivity index (χ0v) is 18.9. The lowest BCUT2D eigenvalue weighted by molar-refractivity contribution is -0.134. The van der Waals surface area contributed by atoms with Crippen LogP contribution < -0.4 is 4.74 Å². The number of likely N-dealkylation sites (tertiary alicyclic amines) is 2. The molecule has 0 unspecified atom stereocenters. The number of aromatic nitrogens is 1. The highest BCUT2D eigenvalue weighted by Gasteiger charge is 2.36. The zero-order valence-electron chi connectivity index (χ0n) is 18.9. The van der Waals surface area contributed by atoms with Crippen molar-refractivity contribution in [2.24, 2.45) is 5.92 Å². The molecule has 7 nitrogen and oxygen atoms in total. The quantitative estimate of drug-likeness (QED) is 0.653. The first-order chi connectivity index (χ1) is 15.6. The van der Waals surface area contributed by atoms with Crippen molar-refractivity contribution in [3.05, 3.63) is 47.9 Å². The molecule has 4 rings (SSSR count). The largest absolute Gasteiger partial charge is 0.490 e. The minimum atomic E-state index is -0.135. The van der Waals surface area contributed by atoms with E-state index in [2.05, 4.69) is 12.1 Å². The second-order valence-corrected chi connectivity index (χ2v) is 8.84. The van der Waals surface area contributed by atoms with Crippen molar-refractivity contribution in [3.63, 3.8) is 0 Å². The molecule has 1 aromatic carbocycles. The Balaban J connectivity index is 1.46. The third-order valence-corrected chi connectivity index (χ3v) is 6.40. The Kier molecular flexibility index (Phi) is 7.45. The Hall–Kier alpha value is -2.83. The van der Waals surface area contributed by atoms with Crippen LogP contribution in [-0.4, -0.2) is 59.1 Å². The van der Waals surface area contributed by atoms with E-state index in [9.17, 15) is 9.59 Å². The van der Waals surface area contributed by atoms with Crippen LogP contribution in [0.5, 0.6) is 5.75 Å². The highest BCUT2D eigenvalue weighted by Crippen LogP contribution is 2.28. The summed E-state index contributed by atoms with van der Waals surface area (Å²) in [5.74, 6) is 1.50. The van der Waals surface area contributed by atoms with E-state index in [1.807, 2.05) is 35.2 Å². The normalized spacial score (nSPS) is 21.4. The van der Waals surface area contributed by atoms with Gasteiger partial charge in [0.05, 0.1) is 0 Å². The van der Waals surface area contributed by atoms with Gasteiger partial charge in [-0.3, -0.25) is 9.59 Å². The monoisotopic (exact) mass is 439 g/mol. The number of nitrogens with zero attached hydrogens (tertiary/aromatic N) is 3. The molecule has 0 radical (unpaired) electrons. The Morgan fingerprint density at radius 1 is 1.09 bits per heavy atom. The predicted molar refractivity (Wildman–Crippen MR) is 120 cm³/mol. The minimum Gasteiger partial charge on any atom is -0.490 e. The second-order valence-electron chi connectivity index (χ2n) is 8.84. The molecule has 2 saturated heterocycles. The molecule has 2 aromatic rings. The van der Waals surface area contributed by atoms with E-state index in [-0.39, 0.29) is 23.8 Å². The molecular weight excluding hydrogens is 406 g/mol. The first kappa shape index (κ1) is 22.4. The maximum absolute atomic E-state index is 13.1. The third-order valence-electron chi connectivity index (χ3n) is 6.40. The van der Waals surface area contributed by atoms with Crippen molar-refractivity contribution in [2.45, 2.75) is 58.0 Å². The summed E-state index contributed by atoms with van der Waals surface area (Å²) in [5, 5.41) is 3.98. The summed E-state index contributed by atoms with van der Waals surface area (Å²) in [7, 11) is 0. The Morgan fingerprint density at radius 3 is 2.62 bits per heavy atom. The topological polar surface area (TPSA) is 75.9 Å². The van der Waals surface area contributed by atoms with Gasteiger partial charge in [-0.1, -0.05) is 30.3 Å². The van der Waals surface area contributed by atoms with Gasteiger partial charge in [0.2, 0.25) is 5.91 Å². The van der Waals surface area contributed by atoms with Gasteiger partial charge in [0.15, 0.2) is 5.69 Å². The fourth-order valence-electron chi connectivity index (χ4n) is 4.66. The van der Waals surface area contributed by atoms with Crippen molar-refractivity contribution >= 4 is 11.8 Å². The summed E-state index contributed by atoms with van der Waals surface area (Å²) in [6.07, 6.45) is 5.98. The number of carbonyl (C=O) groups is 2. The van der Waals surface area contributed by atoms with Crippen molar-refractivity contribution < 1.29 is 18.8 Å². The first-order valence-corrected chi connectivity index (χ1v) is 11.9. The lowest BCUT2D eigenvalue weighted by Gasteiger charge is -2.39. The molecule has 0 aliphatic carbocycles. The molecule has 2 fully saturated rings. The highest BCUT2D eigenvalue weighted by atomic mass is 16.5. The van der Waals surface area contributed by atoms with E-state index in [0.29, 0.717) is 31.6 Å². The number of hydrogen-bond acceptors (Lipinski definition) is 5. The molecule has 32 heavy (non-hydrogen) atoms. The molecular formula is C25H33N3O4. The number of amides is 2. The summed E-state index contributed by atoms with van der Waals surface area (Å²) in [6, 6.07) is 11.5. The SMILES string of the molecule is CCCc1cc(C(=O)N2CC[C@H](Oc3ccccc3)[C@@H](CC(=O)N3CCCCC3)C2)no1. The molecule has 0 spiro atoms. The molecule has 3 heterocycles. The van der Waals surface area contributed by atoms with Crippen LogP contribution in [0.3, 0.4) is 0 Å². The van der Waals surface area contributed by atoms with Gasteiger partial charge >= 0.3 is 0 Å². The van der Waals surface area contributed by atoms with Gasteiger partial charge in [0, 0.05) is 57.4 Å². The molecule has 1 aromatic heterocycles. The predicted octanol–water partition coefficient (Wildman–Crippen LogP) is 3.94. The maximum atomic E-state index is 13.1. The Morgan fingerprint density at radius 2 is 1.88 bits per heavy atom. The number of hydrogen-bond donors (Lipinski definition) is 0. The fraction of sp³-hybridized carbons (Fsp3) is 0.560. The molecule has 172 valence electrons. The number of rotatable bonds is 7. The molecule has 2 aliphatic heterocycles. The maximum Gasteiger partial charge on any atom is 0.276 e. The third kappa shape index (κ3) is 5.50. The van der Waals surface area contributed by atoms with Crippen LogP contribution in [0.15, 0.2) is 40.9 Å². The first-order valence-electron chi connectivity index (χ1n) is 11.9.